The van der Waals surface area contributed by atoms with Crippen molar-refractivity contribution in [3.63, 3.8) is 0 Å². The van der Waals surface area contributed by atoms with Crippen LogP contribution in [0.4, 0.5) is 0 Å². The van der Waals surface area contributed by atoms with Gasteiger partial charge in [0.05, 0.1) is 12.1 Å². The Kier molecular flexibility index (Phi) is 8.47. The molecule has 5 rings (SSSR count). The first-order chi connectivity index (χ1) is 16.7. The van der Waals surface area contributed by atoms with Gasteiger partial charge in [0.1, 0.15) is 12.4 Å². The second-order valence-electron chi connectivity index (χ2n) is 9.24. The molecule has 0 aliphatic carbocycles. The number of aliphatic hydroxyl groups excluding tert-OH is 1. The highest BCUT2D eigenvalue weighted by Crippen LogP contribution is 2.30. The van der Waals surface area contributed by atoms with Gasteiger partial charge in [0.2, 0.25) is 0 Å². The SMILES string of the molecule is CN1CCN(CC(O)C(c2ccccc2)n2ccc3cc(OCc4ccccc4)ccc32)CC1.Cl. The smallest absolute Gasteiger partial charge is 0.120 e. The van der Waals surface area contributed by atoms with Crippen molar-refractivity contribution < 1.29 is 9.84 Å². The zero-order valence-corrected chi connectivity index (χ0v) is 21.0. The number of piperazine rings is 1. The van der Waals surface area contributed by atoms with Crippen LogP contribution in [-0.2, 0) is 6.61 Å². The van der Waals surface area contributed by atoms with Gasteiger partial charge in [0.15, 0.2) is 0 Å². The summed E-state index contributed by atoms with van der Waals surface area (Å²) in [5.74, 6) is 0.850. The average molecular weight is 492 g/mol. The van der Waals surface area contributed by atoms with Gasteiger partial charge in [-0.2, -0.15) is 0 Å². The molecule has 1 saturated heterocycles. The molecule has 1 aliphatic rings. The molecule has 0 amide bonds. The van der Waals surface area contributed by atoms with Crippen molar-refractivity contribution in [2.45, 2.75) is 18.8 Å². The summed E-state index contributed by atoms with van der Waals surface area (Å²) in [6.45, 7) is 5.27. The van der Waals surface area contributed by atoms with Crippen molar-refractivity contribution in [2.24, 2.45) is 0 Å². The molecule has 0 saturated carbocycles. The van der Waals surface area contributed by atoms with E-state index in [2.05, 4.69) is 70.1 Å². The monoisotopic (exact) mass is 491 g/mol. The second kappa shape index (κ2) is 11.7. The molecule has 5 nitrogen and oxygen atoms in total. The number of halogens is 1. The van der Waals surface area contributed by atoms with E-state index >= 15 is 0 Å². The van der Waals surface area contributed by atoms with E-state index in [1.807, 2.05) is 42.5 Å². The van der Waals surface area contributed by atoms with Gasteiger partial charge in [0, 0.05) is 49.8 Å². The number of hydrogen-bond donors (Lipinski definition) is 1. The van der Waals surface area contributed by atoms with E-state index in [-0.39, 0.29) is 18.4 Å². The van der Waals surface area contributed by atoms with Gasteiger partial charge >= 0.3 is 0 Å². The van der Waals surface area contributed by atoms with Gasteiger partial charge in [-0.3, -0.25) is 4.90 Å². The van der Waals surface area contributed by atoms with Gasteiger partial charge in [-0.15, -0.1) is 12.4 Å². The Bertz CT molecular complexity index is 1190. The van der Waals surface area contributed by atoms with Crippen molar-refractivity contribution in [1.82, 2.24) is 14.4 Å². The number of fused-ring (bicyclic) bond motifs is 1. The Hall–Kier alpha value is -2.83. The molecule has 0 radical (unpaired) electrons. The molecule has 3 aromatic carbocycles. The molecule has 1 fully saturated rings. The lowest BCUT2D eigenvalue weighted by atomic mass is 10.00. The third-order valence-electron chi connectivity index (χ3n) is 6.79. The molecule has 0 bridgehead atoms. The van der Waals surface area contributed by atoms with Crippen LogP contribution >= 0.6 is 12.4 Å². The number of likely N-dealkylation sites (N-methyl/N-ethyl adjacent to an activating group) is 1. The molecular weight excluding hydrogens is 458 g/mol. The minimum absolute atomic E-state index is 0. The van der Waals surface area contributed by atoms with Crippen LogP contribution < -0.4 is 4.74 Å². The van der Waals surface area contributed by atoms with Crippen LogP contribution in [0, 0.1) is 0 Å². The fourth-order valence-electron chi connectivity index (χ4n) is 4.83. The van der Waals surface area contributed by atoms with Crippen molar-refractivity contribution in [3.8, 4) is 5.75 Å². The summed E-state index contributed by atoms with van der Waals surface area (Å²) in [5, 5.41) is 12.6. The van der Waals surface area contributed by atoms with Gasteiger partial charge < -0.3 is 19.3 Å². The van der Waals surface area contributed by atoms with Gasteiger partial charge in [-0.25, -0.2) is 0 Å². The van der Waals surface area contributed by atoms with Gasteiger partial charge in [-0.05, 0) is 42.4 Å². The van der Waals surface area contributed by atoms with E-state index < -0.39 is 6.10 Å². The molecule has 1 aliphatic heterocycles. The van der Waals surface area contributed by atoms with E-state index in [1.165, 1.54) is 0 Å². The second-order valence-corrected chi connectivity index (χ2v) is 9.24. The van der Waals surface area contributed by atoms with E-state index in [4.69, 9.17) is 4.74 Å². The van der Waals surface area contributed by atoms with Crippen LogP contribution in [0.5, 0.6) is 5.75 Å². The molecule has 4 aromatic rings. The molecule has 184 valence electrons. The van der Waals surface area contributed by atoms with Crippen molar-refractivity contribution in [1.29, 1.82) is 0 Å². The summed E-state index contributed by atoms with van der Waals surface area (Å²) in [6, 6.07) is 28.7. The largest absolute Gasteiger partial charge is 0.489 e. The molecule has 0 spiro atoms. The van der Waals surface area contributed by atoms with Gasteiger partial charge in [0.25, 0.3) is 0 Å². The van der Waals surface area contributed by atoms with Crippen LogP contribution in [0.15, 0.2) is 91.1 Å². The Morgan fingerprint density at radius 3 is 2.26 bits per heavy atom. The standard InChI is InChI=1S/C29H33N3O2.ClH/c1-30-16-18-31(19-17-30)21-28(33)29(24-10-6-3-7-11-24)32-15-14-25-20-26(12-13-27(25)32)34-22-23-8-4-2-5-9-23;/h2-15,20,28-29,33H,16-19,21-22H2,1H3;1H. The number of nitrogens with zero attached hydrogens (tertiary/aromatic N) is 3. The third kappa shape index (κ3) is 6.06. The number of aromatic nitrogens is 1. The fraction of sp³-hybridized carbons (Fsp3) is 0.310. The number of rotatable bonds is 8. The van der Waals surface area contributed by atoms with Crippen molar-refractivity contribution in [3.05, 3.63) is 102 Å². The van der Waals surface area contributed by atoms with E-state index in [0.29, 0.717) is 13.2 Å². The minimum Gasteiger partial charge on any atom is -0.489 e. The van der Waals surface area contributed by atoms with Crippen LogP contribution in [-0.4, -0.2) is 65.3 Å². The Morgan fingerprint density at radius 2 is 1.54 bits per heavy atom. The lowest BCUT2D eigenvalue weighted by Crippen LogP contribution is -2.48. The predicted octanol–water partition coefficient (Wildman–Crippen LogP) is 4.84. The Morgan fingerprint density at radius 1 is 0.857 bits per heavy atom. The average Bonchev–Trinajstić information content (AvgIpc) is 3.28. The van der Waals surface area contributed by atoms with Crippen molar-refractivity contribution >= 4 is 23.3 Å². The highest BCUT2D eigenvalue weighted by atomic mass is 35.5. The number of hydrogen-bond acceptors (Lipinski definition) is 4. The molecular formula is C29H34ClN3O2. The maximum Gasteiger partial charge on any atom is 0.120 e. The zero-order chi connectivity index (χ0) is 23.3. The molecule has 2 unspecified atom stereocenters. The maximum absolute atomic E-state index is 11.5. The lowest BCUT2D eigenvalue weighted by molar-refractivity contribution is 0.0594. The zero-order valence-electron chi connectivity index (χ0n) is 20.2. The first-order valence-electron chi connectivity index (χ1n) is 12.1. The first kappa shape index (κ1) is 25.3. The maximum atomic E-state index is 11.5. The summed E-state index contributed by atoms with van der Waals surface area (Å²) in [5.41, 5.74) is 3.36. The Balaban J connectivity index is 0.00000289. The van der Waals surface area contributed by atoms with Crippen LogP contribution in [0.1, 0.15) is 17.2 Å². The predicted molar refractivity (Wildman–Crippen MR) is 144 cm³/mol. The van der Waals surface area contributed by atoms with Crippen molar-refractivity contribution in [2.75, 3.05) is 39.8 Å². The number of ether oxygens (including phenoxy) is 1. The molecule has 1 aromatic heterocycles. The summed E-state index contributed by atoms with van der Waals surface area (Å²) in [4.78, 5) is 4.72. The fourth-order valence-corrected chi connectivity index (χ4v) is 4.83. The topological polar surface area (TPSA) is 40.9 Å². The third-order valence-corrected chi connectivity index (χ3v) is 6.79. The molecule has 35 heavy (non-hydrogen) atoms. The summed E-state index contributed by atoms with van der Waals surface area (Å²) >= 11 is 0. The van der Waals surface area contributed by atoms with E-state index in [1.54, 1.807) is 0 Å². The lowest BCUT2D eigenvalue weighted by Gasteiger charge is -2.36. The number of aliphatic hydroxyl groups is 1. The quantitative estimate of drug-likeness (QED) is 0.383. The minimum atomic E-state index is -0.518. The Labute approximate surface area is 214 Å². The van der Waals surface area contributed by atoms with Crippen LogP contribution in [0.2, 0.25) is 0 Å². The molecule has 1 N–H and O–H groups in total. The van der Waals surface area contributed by atoms with E-state index in [9.17, 15) is 5.11 Å². The highest BCUT2D eigenvalue weighted by Gasteiger charge is 2.27. The first-order valence-corrected chi connectivity index (χ1v) is 12.1. The molecule has 2 atom stereocenters. The molecule has 2 heterocycles. The summed E-state index contributed by atoms with van der Waals surface area (Å²) in [7, 11) is 2.16. The molecule has 6 heteroatoms. The van der Waals surface area contributed by atoms with Crippen LogP contribution in [0.3, 0.4) is 0 Å². The summed E-state index contributed by atoms with van der Waals surface area (Å²) < 4.78 is 8.26. The van der Waals surface area contributed by atoms with E-state index in [0.717, 1.165) is 54.0 Å². The summed E-state index contributed by atoms with van der Waals surface area (Å²) in [6.07, 6.45) is 1.58. The van der Waals surface area contributed by atoms with Crippen LogP contribution in [0.25, 0.3) is 10.9 Å². The van der Waals surface area contributed by atoms with Gasteiger partial charge in [-0.1, -0.05) is 60.7 Å². The number of benzene rings is 3. The highest BCUT2D eigenvalue weighted by molar-refractivity contribution is 5.85. The number of β-amino-alcohol motifs (C(OH)–C–C–N with tert-alkyl or cyclic N) is 1. The normalized spacial score (nSPS) is 16.5.